The molecule has 0 saturated carbocycles. The Hall–Kier alpha value is -0.200. The first-order valence-corrected chi connectivity index (χ1v) is 4.75. The molecule has 0 aromatic heterocycles. The maximum atomic E-state index is 9.08. The van der Waals surface area contributed by atoms with Gasteiger partial charge in [-0.15, -0.1) is 0 Å². The van der Waals surface area contributed by atoms with Crippen LogP contribution < -0.4 is 0 Å². The summed E-state index contributed by atoms with van der Waals surface area (Å²) < 4.78 is 19.9. The molecule has 0 rings (SSSR count). The first kappa shape index (κ1) is 13.8. The van der Waals surface area contributed by atoms with Crippen molar-refractivity contribution in [1.82, 2.24) is 0 Å². The Bertz CT molecular complexity index is 109. The van der Waals surface area contributed by atoms with E-state index in [0.717, 1.165) is 0 Å². The van der Waals surface area contributed by atoms with Crippen molar-refractivity contribution >= 4 is 0 Å². The topological polar surface area (TPSA) is 57.2 Å². The maximum absolute atomic E-state index is 9.08. The predicted octanol–water partition coefficient (Wildman–Crippen LogP) is 0.0209. The average Bonchev–Trinajstić information content (AvgIpc) is 2.17. The summed E-state index contributed by atoms with van der Waals surface area (Å²) in [5.74, 6) is 0. The van der Waals surface area contributed by atoms with Gasteiger partial charge in [-0.2, -0.15) is 0 Å². The number of rotatable bonds is 10. The Morgan fingerprint density at radius 3 is 2.36 bits per heavy atom. The third kappa shape index (κ3) is 9.88. The smallest absolute Gasteiger partial charge is 0.178 e. The third-order valence-electron chi connectivity index (χ3n) is 1.42. The molecular formula is C9H20O5. The Balaban J connectivity index is 2.98. The van der Waals surface area contributed by atoms with Crippen molar-refractivity contribution in [2.24, 2.45) is 0 Å². The molecule has 0 aliphatic heterocycles. The van der Waals surface area contributed by atoms with E-state index < -0.39 is 6.29 Å². The summed E-state index contributed by atoms with van der Waals surface area (Å²) in [6, 6.07) is 0. The molecule has 0 saturated heterocycles. The van der Waals surface area contributed by atoms with Crippen molar-refractivity contribution in [1.29, 1.82) is 0 Å². The van der Waals surface area contributed by atoms with Gasteiger partial charge in [0.1, 0.15) is 0 Å². The summed E-state index contributed by atoms with van der Waals surface area (Å²) in [7, 11) is 1.62. The fraction of sp³-hybridized carbons (Fsp3) is 1.00. The minimum absolute atomic E-state index is 0.182. The molecule has 0 aromatic carbocycles. The number of methoxy groups -OCH3 is 1. The lowest BCUT2D eigenvalue weighted by molar-refractivity contribution is -0.137. The van der Waals surface area contributed by atoms with Crippen LogP contribution in [0.2, 0.25) is 0 Å². The lowest BCUT2D eigenvalue weighted by atomic mass is 10.6. The molecule has 1 atom stereocenters. The molecule has 1 unspecified atom stereocenters. The van der Waals surface area contributed by atoms with E-state index in [-0.39, 0.29) is 6.61 Å². The van der Waals surface area contributed by atoms with Gasteiger partial charge in [0.25, 0.3) is 0 Å². The van der Waals surface area contributed by atoms with Crippen LogP contribution in [0.3, 0.4) is 0 Å². The Morgan fingerprint density at radius 1 is 1.07 bits per heavy atom. The zero-order chi connectivity index (χ0) is 10.6. The molecule has 0 aliphatic rings. The molecule has 0 spiro atoms. The molecule has 0 amide bonds. The van der Waals surface area contributed by atoms with Crippen molar-refractivity contribution in [3.05, 3.63) is 0 Å². The van der Waals surface area contributed by atoms with Gasteiger partial charge in [-0.05, 0) is 6.92 Å². The highest BCUT2D eigenvalue weighted by atomic mass is 16.6. The van der Waals surface area contributed by atoms with Crippen LogP contribution in [0.25, 0.3) is 0 Å². The van der Waals surface area contributed by atoms with Crippen LogP contribution in [0.5, 0.6) is 0 Å². The highest BCUT2D eigenvalue weighted by Gasteiger charge is 2.01. The predicted molar refractivity (Wildman–Crippen MR) is 51.1 cm³/mol. The molecule has 0 heterocycles. The minimum atomic E-state index is -0.834. The second kappa shape index (κ2) is 10.9. The maximum Gasteiger partial charge on any atom is 0.178 e. The van der Waals surface area contributed by atoms with Gasteiger partial charge in [0.2, 0.25) is 0 Å². The average molecular weight is 208 g/mol. The monoisotopic (exact) mass is 208 g/mol. The van der Waals surface area contributed by atoms with E-state index in [0.29, 0.717) is 33.0 Å². The van der Waals surface area contributed by atoms with Gasteiger partial charge < -0.3 is 24.1 Å². The number of hydrogen-bond acceptors (Lipinski definition) is 5. The fourth-order valence-corrected chi connectivity index (χ4v) is 0.787. The van der Waals surface area contributed by atoms with Crippen LogP contribution in [-0.4, -0.2) is 58.1 Å². The molecular weight excluding hydrogens is 188 g/mol. The molecule has 0 radical (unpaired) electrons. The number of hydrogen-bond donors (Lipinski definition) is 1. The van der Waals surface area contributed by atoms with E-state index in [1.54, 1.807) is 7.11 Å². The van der Waals surface area contributed by atoms with Gasteiger partial charge in [0.05, 0.1) is 33.0 Å². The van der Waals surface area contributed by atoms with E-state index in [9.17, 15) is 0 Å². The molecule has 5 heteroatoms. The number of aliphatic hydroxyl groups is 1. The first-order chi connectivity index (χ1) is 6.81. The molecule has 0 fully saturated rings. The summed E-state index contributed by atoms with van der Waals surface area (Å²) in [6.45, 7) is 4.58. The van der Waals surface area contributed by atoms with E-state index in [1.165, 1.54) is 0 Å². The third-order valence-corrected chi connectivity index (χ3v) is 1.42. The minimum Gasteiger partial charge on any atom is -0.382 e. The summed E-state index contributed by atoms with van der Waals surface area (Å²) in [5.41, 5.74) is 0. The molecule has 0 bridgehead atoms. The SMILES string of the molecule is CCOC(O)COCCOCCOC. The highest BCUT2D eigenvalue weighted by molar-refractivity contribution is 4.37. The number of ether oxygens (including phenoxy) is 4. The summed E-state index contributed by atoms with van der Waals surface area (Å²) in [5, 5.41) is 9.08. The van der Waals surface area contributed by atoms with Gasteiger partial charge in [-0.25, -0.2) is 0 Å². The molecule has 1 N–H and O–H groups in total. The fourth-order valence-electron chi connectivity index (χ4n) is 0.787. The summed E-state index contributed by atoms with van der Waals surface area (Å²) >= 11 is 0. The Labute approximate surface area is 84.9 Å². The second-order valence-corrected chi connectivity index (χ2v) is 2.59. The number of aliphatic hydroxyl groups excluding tert-OH is 1. The molecule has 14 heavy (non-hydrogen) atoms. The van der Waals surface area contributed by atoms with E-state index >= 15 is 0 Å². The van der Waals surface area contributed by atoms with Crippen LogP contribution in [0.15, 0.2) is 0 Å². The first-order valence-electron chi connectivity index (χ1n) is 4.75. The lowest BCUT2D eigenvalue weighted by Crippen LogP contribution is -2.20. The normalized spacial score (nSPS) is 13.1. The summed E-state index contributed by atoms with van der Waals surface area (Å²) in [6.07, 6.45) is -0.834. The highest BCUT2D eigenvalue weighted by Crippen LogP contribution is 1.88. The van der Waals surface area contributed by atoms with Crippen LogP contribution in [0, 0.1) is 0 Å². The second-order valence-electron chi connectivity index (χ2n) is 2.59. The van der Waals surface area contributed by atoms with E-state index in [4.69, 9.17) is 24.1 Å². The van der Waals surface area contributed by atoms with E-state index in [1.807, 2.05) is 6.92 Å². The van der Waals surface area contributed by atoms with Crippen molar-refractivity contribution in [2.75, 3.05) is 46.8 Å². The van der Waals surface area contributed by atoms with E-state index in [2.05, 4.69) is 0 Å². The van der Waals surface area contributed by atoms with Gasteiger partial charge in [-0.3, -0.25) is 0 Å². The molecule has 0 aromatic rings. The quantitative estimate of drug-likeness (QED) is 0.405. The lowest BCUT2D eigenvalue weighted by Gasteiger charge is -2.10. The van der Waals surface area contributed by atoms with Gasteiger partial charge >= 0.3 is 0 Å². The standard InChI is InChI=1S/C9H20O5/c1-3-14-9(10)8-13-7-6-12-5-4-11-2/h9-10H,3-8H2,1-2H3. The van der Waals surface area contributed by atoms with Crippen LogP contribution in [-0.2, 0) is 18.9 Å². The zero-order valence-electron chi connectivity index (χ0n) is 8.90. The molecule has 5 nitrogen and oxygen atoms in total. The molecule has 86 valence electrons. The van der Waals surface area contributed by atoms with Gasteiger partial charge in [0.15, 0.2) is 6.29 Å². The summed E-state index contributed by atoms with van der Waals surface area (Å²) in [4.78, 5) is 0. The van der Waals surface area contributed by atoms with Crippen molar-refractivity contribution < 1.29 is 24.1 Å². The zero-order valence-corrected chi connectivity index (χ0v) is 8.90. The Morgan fingerprint density at radius 2 is 1.71 bits per heavy atom. The molecule has 0 aliphatic carbocycles. The van der Waals surface area contributed by atoms with Gasteiger partial charge in [0, 0.05) is 13.7 Å². The van der Waals surface area contributed by atoms with Crippen molar-refractivity contribution in [3.8, 4) is 0 Å². The van der Waals surface area contributed by atoms with Crippen LogP contribution >= 0.6 is 0 Å². The van der Waals surface area contributed by atoms with Gasteiger partial charge in [-0.1, -0.05) is 0 Å². The largest absolute Gasteiger partial charge is 0.382 e. The van der Waals surface area contributed by atoms with Crippen LogP contribution in [0.1, 0.15) is 6.92 Å². The van der Waals surface area contributed by atoms with Crippen LogP contribution in [0.4, 0.5) is 0 Å². The van der Waals surface area contributed by atoms with Crippen molar-refractivity contribution in [3.63, 3.8) is 0 Å². The Kier molecular flexibility index (Phi) is 10.7. The van der Waals surface area contributed by atoms with Crippen molar-refractivity contribution in [2.45, 2.75) is 13.2 Å².